The topological polar surface area (TPSA) is 80.7 Å². The maximum atomic E-state index is 12.2. The summed E-state index contributed by atoms with van der Waals surface area (Å²) in [6.07, 6.45) is 5.72. The lowest BCUT2D eigenvalue weighted by Crippen LogP contribution is -2.13. The summed E-state index contributed by atoms with van der Waals surface area (Å²) >= 11 is 0. The Morgan fingerprint density at radius 3 is 2.15 bits per heavy atom. The van der Waals surface area contributed by atoms with Crippen molar-refractivity contribution in [3.05, 3.63) is 96.5 Å². The summed E-state index contributed by atoms with van der Waals surface area (Å²) in [5.74, 6) is 0.247. The molecule has 0 aliphatic carbocycles. The Labute approximate surface area is 191 Å². The number of alkyl halides is 3. The second-order valence-electron chi connectivity index (χ2n) is 6.39. The number of hydrogen-bond acceptors (Lipinski definition) is 5. The predicted molar refractivity (Wildman–Crippen MR) is 123 cm³/mol. The van der Waals surface area contributed by atoms with E-state index >= 15 is 0 Å². The highest BCUT2D eigenvalue weighted by molar-refractivity contribution is 6.03. The third kappa shape index (κ3) is 9.86. The molecule has 0 atom stereocenters. The third-order valence-electron chi connectivity index (χ3n) is 3.85. The number of nitrogens with one attached hydrogen (secondary N) is 1. The van der Waals surface area contributed by atoms with Gasteiger partial charge in [0.05, 0.1) is 5.56 Å². The fourth-order valence-corrected chi connectivity index (χ4v) is 2.13. The largest absolute Gasteiger partial charge is 0.412 e. The van der Waals surface area contributed by atoms with Gasteiger partial charge in [-0.2, -0.15) is 13.2 Å². The van der Waals surface area contributed by atoms with Crippen LogP contribution in [-0.4, -0.2) is 32.0 Å². The second kappa shape index (κ2) is 13.5. The van der Waals surface area contributed by atoms with E-state index in [9.17, 15) is 18.0 Å². The molecule has 0 spiro atoms. The zero-order chi connectivity index (χ0) is 24.9. The van der Waals surface area contributed by atoms with Crippen molar-refractivity contribution in [2.45, 2.75) is 33.9 Å². The van der Waals surface area contributed by atoms with Crippen LogP contribution in [0.1, 0.15) is 42.3 Å². The first-order valence-electron chi connectivity index (χ1n) is 10.0. The van der Waals surface area contributed by atoms with Crippen molar-refractivity contribution in [2.24, 2.45) is 0 Å². The van der Waals surface area contributed by atoms with Crippen LogP contribution in [0.2, 0.25) is 0 Å². The zero-order valence-corrected chi connectivity index (χ0v) is 18.9. The first-order chi connectivity index (χ1) is 15.7. The van der Waals surface area contributed by atoms with Gasteiger partial charge in [-0.3, -0.25) is 9.78 Å². The summed E-state index contributed by atoms with van der Waals surface area (Å²) in [5.41, 5.74) is 1.67. The van der Waals surface area contributed by atoms with Crippen molar-refractivity contribution in [1.29, 1.82) is 0 Å². The van der Waals surface area contributed by atoms with E-state index in [4.69, 9.17) is 0 Å². The molecule has 0 aliphatic rings. The maximum Gasteiger partial charge on any atom is 0.412 e. The molecule has 1 N–H and O–H groups in total. The Balaban J connectivity index is 0.000000308. The Kier molecular flexibility index (Phi) is 11.1. The van der Waals surface area contributed by atoms with Gasteiger partial charge in [-0.05, 0) is 48.8 Å². The molecular weight excluding hydrogens is 431 g/mol. The third-order valence-corrected chi connectivity index (χ3v) is 3.85. The monoisotopic (exact) mass is 457 g/mol. The molecule has 3 aromatic heterocycles. The first-order valence-corrected chi connectivity index (χ1v) is 10.0. The van der Waals surface area contributed by atoms with Crippen molar-refractivity contribution in [2.75, 3.05) is 5.32 Å². The quantitative estimate of drug-likeness (QED) is 0.482. The second-order valence-corrected chi connectivity index (χ2v) is 6.39. The molecule has 9 heteroatoms. The van der Waals surface area contributed by atoms with Gasteiger partial charge in [0.1, 0.15) is 12.1 Å². The Morgan fingerprint density at radius 2 is 1.64 bits per heavy atom. The molecule has 1 amide bonds. The number of carbonyl (C=O) groups is 1. The average Bonchev–Trinajstić information content (AvgIpc) is 2.83. The molecule has 3 rings (SSSR count). The standard InChI is InChI=1S/C11H10F3N.C11H10N4O.C2H6/c1-8(6-9(2)11(12,13)14)10-4-3-5-15-7-10;1-8-2-3-10(14-4-8)15-11(16)9-5-12-7-13-6-9;1-2/h3-7H,1H2,2H3;2-7H,1H3,(H,14,15,16);1-2H3/b9-6+;;. The molecule has 0 fully saturated rings. The fraction of sp³-hybridized carbons (Fsp3) is 0.208. The normalized spacial score (nSPS) is 10.7. The van der Waals surface area contributed by atoms with Gasteiger partial charge >= 0.3 is 6.18 Å². The number of hydrogen-bond donors (Lipinski definition) is 1. The molecule has 3 aromatic rings. The van der Waals surface area contributed by atoms with Crippen LogP contribution in [0.3, 0.4) is 0 Å². The molecule has 0 saturated carbocycles. The number of anilines is 1. The lowest BCUT2D eigenvalue weighted by Gasteiger charge is -2.07. The van der Waals surface area contributed by atoms with Crippen LogP contribution in [0.4, 0.5) is 19.0 Å². The van der Waals surface area contributed by atoms with Crippen LogP contribution < -0.4 is 5.32 Å². The van der Waals surface area contributed by atoms with E-state index < -0.39 is 11.7 Å². The number of nitrogens with zero attached hydrogens (tertiary/aromatic N) is 4. The molecule has 174 valence electrons. The molecule has 0 radical (unpaired) electrons. The number of carbonyl (C=O) groups excluding carboxylic acids is 1. The number of aryl methyl sites for hydroxylation is 1. The Morgan fingerprint density at radius 1 is 1.00 bits per heavy atom. The van der Waals surface area contributed by atoms with Crippen LogP contribution >= 0.6 is 0 Å². The minimum atomic E-state index is -4.30. The molecule has 0 saturated heterocycles. The van der Waals surface area contributed by atoms with Gasteiger partial charge < -0.3 is 5.32 Å². The summed E-state index contributed by atoms with van der Waals surface area (Å²) in [5, 5.41) is 2.66. The van der Waals surface area contributed by atoms with E-state index in [0.29, 0.717) is 22.5 Å². The average molecular weight is 458 g/mol. The minimum Gasteiger partial charge on any atom is -0.306 e. The number of pyridine rings is 2. The van der Waals surface area contributed by atoms with Gasteiger partial charge in [0.15, 0.2) is 0 Å². The van der Waals surface area contributed by atoms with Crippen LogP contribution in [0.25, 0.3) is 5.57 Å². The van der Waals surface area contributed by atoms with E-state index in [1.807, 2.05) is 26.8 Å². The Hall–Kier alpha value is -3.88. The minimum absolute atomic E-state index is 0.267. The van der Waals surface area contributed by atoms with E-state index in [2.05, 4.69) is 31.8 Å². The first kappa shape index (κ1) is 27.2. The summed E-state index contributed by atoms with van der Waals surface area (Å²) < 4.78 is 36.6. The summed E-state index contributed by atoms with van der Waals surface area (Å²) in [6, 6.07) is 6.94. The van der Waals surface area contributed by atoms with E-state index in [1.54, 1.807) is 30.6 Å². The lowest BCUT2D eigenvalue weighted by atomic mass is 10.1. The highest BCUT2D eigenvalue weighted by Gasteiger charge is 2.29. The number of allylic oxidation sites excluding steroid dienone is 3. The number of rotatable bonds is 4. The van der Waals surface area contributed by atoms with Gasteiger partial charge in [-0.25, -0.2) is 15.0 Å². The fourth-order valence-electron chi connectivity index (χ4n) is 2.13. The number of halogens is 3. The van der Waals surface area contributed by atoms with Gasteiger partial charge in [0, 0.05) is 36.6 Å². The zero-order valence-electron chi connectivity index (χ0n) is 18.9. The van der Waals surface area contributed by atoms with E-state index in [-0.39, 0.29) is 5.91 Å². The molecule has 0 bridgehead atoms. The van der Waals surface area contributed by atoms with Crippen LogP contribution in [0, 0.1) is 6.92 Å². The molecule has 0 unspecified atom stereocenters. The van der Waals surface area contributed by atoms with E-state index in [1.165, 1.54) is 24.9 Å². The van der Waals surface area contributed by atoms with Gasteiger partial charge in [0.25, 0.3) is 5.91 Å². The van der Waals surface area contributed by atoms with Gasteiger partial charge in [0.2, 0.25) is 0 Å². The summed E-state index contributed by atoms with van der Waals surface area (Å²) in [6.45, 7) is 10.5. The molecule has 0 aromatic carbocycles. The molecule has 0 aliphatic heterocycles. The van der Waals surface area contributed by atoms with Gasteiger partial charge in [-0.1, -0.05) is 32.6 Å². The predicted octanol–water partition coefficient (Wildman–Crippen LogP) is 6.06. The Bertz CT molecular complexity index is 1040. The summed E-state index contributed by atoms with van der Waals surface area (Å²) in [7, 11) is 0. The van der Waals surface area contributed by atoms with Crippen molar-refractivity contribution in [3.63, 3.8) is 0 Å². The van der Waals surface area contributed by atoms with Crippen LogP contribution in [-0.2, 0) is 0 Å². The number of amides is 1. The maximum absolute atomic E-state index is 12.2. The van der Waals surface area contributed by atoms with Crippen molar-refractivity contribution in [1.82, 2.24) is 19.9 Å². The van der Waals surface area contributed by atoms with Crippen LogP contribution in [0.15, 0.2) is 79.8 Å². The molecule has 33 heavy (non-hydrogen) atoms. The molecule has 6 nitrogen and oxygen atoms in total. The SMILES string of the molecule is C=C(/C=C(\C)C(F)(F)F)c1cccnc1.CC.Cc1ccc(NC(=O)c2cncnc2)nc1. The van der Waals surface area contributed by atoms with Crippen molar-refractivity contribution < 1.29 is 18.0 Å². The molecule has 3 heterocycles. The van der Waals surface area contributed by atoms with Gasteiger partial charge in [-0.15, -0.1) is 0 Å². The van der Waals surface area contributed by atoms with Crippen LogP contribution in [0.5, 0.6) is 0 Å². The molecular formula is C24H26F3N5O. The van der Waals surface area contributed by atoms with Crippen molar-refractivity contribution in [3.8, 4) is 0 Å². The lowest BCUT2D eigenvalue weighted by molar-refractivity contribution is -0.0912. The highest BCUT2D eigenvalue weighted by Crippen LogP contribution is 2.27. The smallest absolute Gasteiger partial charge is 0.306 e. The van der Waals surface area contributed by atoms with Crippen molar-refractivity contribution >= 4 is 17.3 Å². The van der Waals surface area contributed by atoms with E-state index in [0.717, 1.165) is 18.6 Å². The number of aromatic nitrogens is 4. The highest BCUT2D eigenvalue weighted by atomic mass is 19.4. The summed E-state index contributed by atoms with van der Waals surface area (Å²) in [4.78, 5) is 27.1.